The highest BCUT2D eigenvalue weighted by Crippen LogP contribution is 2.41. The Morgan fingerprint density at radius 3 is 2.82 bits per heavy atom. The standard InChI is InChI=1S/C17H25ClN4O5S/c1-4-5-28-16-21-14(18)11(19)15(22-16)20-8-6-9(25-7-10(23)24)13-12(8)26-17(2,3)27-13/h8-9,12-13H,4-7,19H2,1-3H3,(H,23,24)(H,20,21,22). The number of carboxylic acid groups (broad SMARTS) is 1. The molecule has 1 aliphatic carbocycles. The summed E-state index contributed by atoms with van der Waals surface area (Å²) in [6, 6.07) is -0.233. The van der Waals surface area contributed by atoms with Crippen molar-refractivity contribution in [3.63, 3.8) is 0 Å². The fourth-order valence-electron chi connectivity index (χ4n) is 3.38. The predicted molar refractivity (Wildman–Crippen MR) is 106 cm³/mol. The lowest BCUT2D eigenvalue weighted by atomic mass is 10.2. The van der Waals surface area contributed by atoms with Gasteiger partial charge in [0, 0.05) is 5.75 Å². The number of halogens is 1. The number of carbonyl (C=O) groups is 1. The third kappa shape index (κ3) is 4.80. The first-order valence-electron chi connectivity index (χ1n) is 9.11. The maximum absolute atomic E-state index is 10.9. The van der Waals surface area contributed by atoms with Gasteiger partial charge in [0.2, 0.25) is 0 Å². The first-order valence-corrected chi connectivity index (χ1v) is 10.5. The van der Waals surface area contributed by atoms with E-state index in [0.29, 0.717) is 17.4 Å². The van der Waals surface area contributed by atoms with Crippen molar-refractivity contribution in [2.75, 3.05) is 23.4 Å². The van der Waals surface area contributed by atoms with Gasteiger partial charge in [0.05, 0.1) is 12.1 Å². The number of carboxylic acids is 1. The second-order valence-electron chi connectivity index (χ2n) is 7.20. The summed E-state index contributed by atoms with van der Waals surface area (Å²) in [4.78, 5) is 19.6. The molecule has 2 aliphatic rings. The number of nitrogens with one attached hydrogen (secondary N) is 1. The molecule has 0 aromatic carbocycles. The summed E-state index contributed by atoms with van der Waals surface area (Å²) in [7, 11) is 0. The third-order valence-electron chi connectivity index (χ3n) is 4.47. The molecule has 1 saturated carbocycles. The van der Waals surface area contributed by atoms with Crippen molar-refractivity contribution in [3.05, 3.63) is 5.15 Å². The molecule has 0 spiro atoms. The van der Waals surface area contributed by atoms with Gasteiger partial charge in [-0.2, -0.15) is 0 Å². The average Bonchev–Trinajstić information content (AvgIpc) is 3.09. The molecule has 1 aliphatic heterocycles. The fraction of sp³-hybridized carbons (Fsp3) is 0.706. The van der Waals surface area contributed by atoms with Gasteiger partial charge in [-0.1, -0.05) is 30.3 Å². The highest BCUT2D eigenvalue weighted by molar-refractivity contribution is 7.99. The van der Waals surface area contributed by atoms with Crippen LogP contribution in [0, 0.1) is 0 Å². The lowest BCUT2D eigenvalue weighted by Crippen LogP contribution is -2.35. The van der Waals surface area contributed by atoms with E-state index in [9.17, 15) is 4.79 Å². The van der Waals surface area contributed by atoms with Gasteiger partial charge in [-0.25, -0.2) is 14.8 Å². The molecule has 0 radical (unpaired) electrons. The second kappa shape index (κ2) is 8.58. The smallest absolute Gasteiger partial charge is 0.329 e. The quantitative estimate of drug-likeness (QED) is 0.320. The number of rotatable bonds is 8. The number of fused-ring (bicyclic) bond motifs is 1. The number of anilines is 2. The van der Waals surface area contributed by atoms with E-state index >= 15 is 0 Å². The lowest BCUT2D eigenvalue weighted by Gasteiger charge is -2.24. The average molecular weight is 433 g/mol. The molecule has 4 N–H and O–H groups in total. The van der Waals surface area contributed by atoms with E-state index in [1.54, 1.807) is 0 Å². The van der Waals surface area contributed by atoms with Crippen LogP contribution >= 0.6 is 23.4 Å². The molecule has 4 atom stereocenters. The summed E-state index contributed by atoms with van der Waals surface area (Å²) in [5, 5.41) is 12.9. The van der Waals surface area contributed by atoms with Crippen LogP contribution in [0.1, 0.15) is 33.6 Å². The van der Waals surface area contributed by atoms with Gasteiger partial charge in [0.1, 0.15) is 24.5 Å². The zero-order valence-electron chi connectivity index (χ0n) is 16.0. The normalized spacial score (nSPS) is 28.3. The molecule has 0 amide bonds. The highest BCUT2D eigenvalue weighted by atomic mass is 35.5. The van der Waals surface area contributed by atoms with Gasteiger partial charge in [-0.05, 0) is 26.7 Å². The molecule has 1 aromatic rings. The number of nitrogen functional groups attached to an aromatic ring is 1. The van der Waals surface area contributed by atoms with Crippen LogP contribution in [0.25, 0.3) is 0 Å². The topological polar surface area (TPSA) is 129 Å². The molecule has 28 heavy (non-hydrogen) atoms. The molecule has 4 unspecified atom stereocenters. The van der Waals surface area contributed by atoms with Crippen LogP contribution in [-0.2, 0) is 19.0 Å². The Morgan fingerprint density at radius 2 is 2.14 bits per heavy atom. The Balaban J connectivity index is 1.79. The number of aliphatic carboxylic acids is 1. The van der Waals surface area contributed by atoms with Crippen LogP contribution in [0.3, 0.4) is 0 Å². The van der Waals surface area contributed by atoms with Crippen molar-refractivity contribution < 1.29 is 24.1 Å². The molecule has 9 nitrogen and oxygen atoms in total. The minimum atomic E-state index is -1.03. The van der Waals surface area contributed by atoms with Crippen molar-refractivity contribution in [1.29, 1.82) is 0 Å². The minimum absolute atomic E-state index is 0.188. The highest BCUT2D eigenvalue weighted by Gasteiger charge is 2.55. The Bertz CT molecular complexity index is 738. The fourth-order valence-corrected chi connectivity index (χ4v) is 4.30. The van der Waals surface area contributed by atoms with E-state index in [4.69, 9.17) is 36.7 Å². The van der Waals surface area contributed by atoms with Crippen LogP contribution < -0.4 is 11.1 Å². The van der Waals surface area contributed by atoms with Crippen LogP contribution in [0.5, 0.6) is 0 Å². The lowest BCUT2D eigenvalue weighted by molar-refractivity contribution is -0.170. The molecular formula is C17H25ClN4O5S. The van der Waals surface area contributed by atoms with Crippen LogP contribution in [0.2, 0.25) is 5.15 Å². The molecule has 156 valence electrons. The SMILES string of the molecule is CCCSc1nc(Cl)c(N)c(NC2CC(OCC(=O)O)C3OC(C)(C)OC23)n1. The van der Waals surface area contributed by atoms with Gasteiger partial charge < -0.3 is 30.4 Å². The van der Waals surface area contributed by atoms with E-state index < -0.39 is 24.5 Å². The van der Waals surface area contributed by atoms with Crippen molar-refractivity contribution in [2.45, 2.75) is 68.9 Å². The summed E-state index contributed by atoms with van der Waals surface area (Å²) in [5.41, 5.74) is 6.33. The molecule has 1 saturated heterocycles. The maximum atomic E-state index is 10.9. The number of ether oxygens (including phenoxy) is 3. The van der Waals surface area contributed by atoms with Crippen molar-refractivity contribution in [1.82, 2.24) is 9.97 Å². The summed E-state index contributed by atoms with van der Waals surface area (Å²) < 4.78 is 17.5. The van der Waals surface area contributed by atoms with Crippen molar-refractivity contribution >= 4 is 40.8 Å². The predicted octanol–water partition coefficient (Wildman–Crippen LogP) is 2.39. The van der Waals surface area contributed by atoms with Crippen LogP contribution in [0.4, 0.5) is 11.5 Å². The first-order chi connectivity index (χ1) is 13.2. The first kappa shape index (κ1) is 21.4. The van der Waals surface area contributed by atoms with Crippen LogP contribution in [-0.4, -0.2) is 63.5 Å². The van der Waals surface area contributed by atoms with Crippen LogP contribution in [0.15, 0.2) is 5.16 Å². The minimum Gasteiger partial charge on any atom is -0.480 e. The van der Waals surface area contributed by atoms with E-state index in [0.717, 1.165) is 12.2 Å². The summed E-state index contributed by atoms with van der Waals surface area (Å²) in [6.45, 7) is 5.29. The zero-order valence-corrected chi connectivity index (χ0v) is 17.5. The van der Waals surface area contributed by atoms with E-state index in [1.165, 1.54) is 11.8 Å². The molecule has 0 bridgehead atoms. The Hall–Kier alpha value is -1.33. The monoisotopic (exact) mass is 432 g/mol. The molecule has 2 heterocycles. The largest absolute Gasteiger partial charge is 0.480 e. The molecule has 1 aromatic heterocycles. The summed E-state index contributed by atoms with van der Waals surface area (Å²) in [6.07, 6.45) is 0.312. The Kier molecular flexibility index (Phi) is 6.55. The van der Waals surface area contributed by atoms with Gasteiger partial charge in [-0.3, -0.25) is 0 Å². The molecule has 2 fully saturated rings. The van der Waals surface area contributed by atoms with Gasteiger partial charge in [0.25, 0.3) is 0 Å². The third-order valence-corrected chi connectivity index (χ3v) is 5.81. The van der Waals surface area contributed by atoms with E-state index in [1.807, 2.05) is 13.8 Å². The molecular weight excluding hydrogens is 408 g/mol. The van der Waals surface area contributed by atoms with Gasteiger partial charge >= 0.3 is 5.97 Å². The summed E-state index contributed by atoms with van der Waals surface area (Å²) in [5.74, 6) is -0.535. The van der Waals surface area contributed by atoms with Gasteiger partial charge in [0.15, 0.2) is 21.9 Å². The Morgan fingerprint density at radius 1 is 1.43 bits per heavy atom. The number of thioether (sulfide) groups is 1. The number of hydrogen-bond donors (Lipinski definition) is 3. The van der Waals surface area contributed by atoms with E-state index in [-0.39, 0.29) is 29.1 Å². The van der Waals surface area contributed by atoms with Crippen molar-refractivity contribution in [2.24, 2.45) is 0 Å². The maximum Gasteiger partial charge on any atom is 0.329 e. The molecule has 11 heteroatoms. The molecule has 3 rings (SSSR count). The van der Waals surface area contributed by atoms with E-state index in [2.05, 4.69) is 22.2 Å². The van der Waals surface area contributed by atoms with Crippen molar-refractivity contribution in [3.8, 4) is 0 Å². The Labute approximate surface area is 172 Å². The summed E-state index contributed by atoms with van der Waals surface area (Å²) >= 11 is 7.68. The van der Waals surface area contributed by atoms with Gasteiger partial charge in [-0.15, -0.1) is 0 Å². The second-order valence-corrected chi connectivity index (χ2v) is 8.62. The number of nitrogens with zero attached hydrogens (tertiary/aromatic N) is 2. The number of hydrogen-bond acceptors (Lipinski definition) is 9. The number of aromatic nitrogens is 2. The zero-order chi connectivity index (χ0) is 20.5. The number of nitrogens with two attached hydrogens (primary N) is 1.